The van der Waals surface area contributed by atoms with E-state index in [2.05, 4.69) is 15.9 Å². The Morgan fingerprint density at radius 2 is 2.29 bits per heavy atom. The van der Waals surface area contributed by atoms with E-state index in [4.69, 9.17) is 22.1 Å². The van der Waals surface area contributed by atoms with Gasteiger partial charge in [0, 0.05) is 36.3 Å². The number of carbonyl (C=O) groups excluding carboxylic acids is 1. The zero-order chi connectivity index (χ0) is 14.7. The van der Waals surface area contributed by atoms with Crippen LogP contribution in [0.1, 0.15) is 23.2 Å². The standard InChI is InChI=1S/C14H18BrClN2O2.ClH/c1-20-11-4-5-18(10(7-11)8-17)14(19)9-2-3-13(16)12(15)6-9;/h2-3,6,10-11H,4-5,7-8,17H2,1H3;1H. The normalized spacial score (nSPS) is 21.8. The van der Waals surface area contributed by atoms with Gasteiger partial charge in [0.05, 0.1) is 11.1 Å². The molecule has 2 rings (SSSR count). The van der Waals surface area contributed by atoms with Crippen LogP contribution in [0.25, 0.3) is 0 Å². The van der Waals surface area contributed by atoms with Gasteiger partial charge < -0.3 is 15.4 Å². The van der Waals surface area contributed by atoms with Crippen molar-refractivity contribution in [3.05, 3.63) is 33.3 Å². The molecular formula is C14H19BrCl2N2O2. The third kappa shape index (κ3) is 4.33. The van der Waals surface area contributed by atoms with Crippen LogP contribution in [0.15, 0.2) is 22.7 Å². The van der Waals surface area contributed by atoms with Gasteiger partial charge in [-0.05, 0) is 47.0 Å². The molecule has 7 heteroatoms. The summed E-state index contributed by atoms with van der Waals surface area (Å²) in [6.45, 7) is 1.11. The van der Waals surface area contributed by atoms with Gasteiger partial charge in [0.2, 0.25) is 0 Å². The Labute approximate surface area is 144 Å². The van der Waals surface area contributed by atoms with E-state index in [1.165, 1.54) is 0 Å². The van der Waals surface area contributed by atoms with Crippen LogP contribution in [0.3, 0.4) is 0 Å². The topological polar surface area (TPSA) is 55.6 Å². The average molecular weight is 398 g/mol. The van der Waals surface area contributed by atoms with E-state index in [1.807, 2.05) is 4.90 Å². The summed E-state index contributed by atoms with van der Waals surface area (Å²) in [6, 6.07) is 5.24. The van der Waals surface area contributed by atoms with Gasteiger partial charge in [-0.15, -0.1) is 12.4 Å². The molecule has 1 aromatic carbocycles. The number of methoxy groups -OCH3 is 1. The minimum Gasteiger partial charge on any atom is -0.381 e. The van der Waals surface area contributed by atoms with Crippen molar-refractivity contribution in [2.75, 3.05) is 20.2 Å². The number of nitrogens with zero attached hydrogens (tertiary/aromatic N) is 1. The highest BCUT2D eigenvalue weighted by molar-refractivity contribution is 9.10. The Morgan fingerprint density at radius 1 is 1.57 bits per heavy atom. The van der Waals surface area contributed by atoms with Gasteiger partial charge in [-0.2, -0.15) is 0 Å². The predicted octanol–water partition coefficient (Wildman–Crippen LogP) is 3.10. The van der Waals surface area contributed by atoms with Crippen molar-refractivity contribution in [3.63, 3.8) is 0 Å². The molecule has 1 heterocycles. The van der Waals surface area contributed by atoms with Gasteiger partial charge in [-0.1, -0.05) is 11.6 Å². The summed E-state index contributed by atoms with van der Waals surface area (Å²) < 4.78 is 6.10. The molecule has 1 aliphatic rings. The Hall–Kier alpha value is -0.330. The summed E-state index contributed by atoms with van der Waals surface area (Å²) in [6.07, 6.45) is 1.81. The number of likely N-dealkylation sites (tertiary alicyclic amines) is 1. The smallest absolute Gasteiger partial charge is 0.254 e. The van der Waals surface area contributed by atoms with Gasteiger partial charge in [0.15, 0.2) is 0 Å². The Balaban J connectivity index is 0.00000220. The largest absolute Gasteiger partial charge is 0.381 e. The Kier molecular flexibility index (Phi) is 7.44. The van der Waals surface area contributed by atoms with Gasteiger partial charge in [0.1, 0.15) is 0 Å². The maximum Gasteiger partial charge on any atom is 0.254 e. The molecule has 118 valence electrons. The number of rotatable bonds is 3. The average Bonchev–Trinajstić information content (AvgIpc) is 2.48. The second kappa shape index (κ2) is 8.34. The van der Waals surface area contributed by atoms with E-state index >= 15 is 0 Å². The first kappa shape index (κ1) is 18.7. The fourth-order valence-electron chi connectivity index (χ4n) is 2.51. The number of amides is 1. The number of benzene rings is 1. The zero-order valence-corrected chi connectivity index (χ0v) is 14.9. The second-order valence-electron chi connectivity index (χ2n) is 4.90. The predicted molar refractivity (Wildman–Crippen MR) is 90.3 cm³/mol. The fourth-order valence-corrected chi connectivity index (χ4v) is 3.01. The van der Waals surface area contributed by atoms with E-state index in [1.54, 1.807) is 25.3 Å². The number of ether oxygens (including phenoxy) is 1. The van der Waals surface area contributed by atoms with Crippen LogP contribution < -0.4 is 5.73 Å². The van der Waals surface area contributed by atoms with Crippen molar-refractivity contribution in [2.45, 2.75) is 25.0 Å². The first-order valence-corrected chi connectivity index (χ1v) is 7.72. The lowest BCUT2D eigenvalue weighted by Gasteiger charge is -2.38. The lowest BCUT2D eigenvalue weighted by molar-refractivity contribution is 0.0139. The van der Waals surface area contributed by atoms with Gasteiger partial charge in [0.25, 0.3) is 5.91 Å². The molecule has 4 nitrogen and oxygen atoms in total. The highest BCUT2D eigenvalue weighted by Crippen LogP contribution is 2.26. The summed E-state index contributed by atoms with van der Waals surface area (Å²) in [5.41, 5.74) is 6.42. The maximum absolute atomic E-state index is 12.6. The zero-order valence-electron chi connectivity index (χ0n) is 11.7. The molecule has 1 amide bonds. The van der Waals surface area contributed by atoms with Crippen LogP contribution in [-0.2, 0) is 4.74 Å². The molecule has 0 aromatic heterocycles. The fraction of sp³-hybridized carbons (Fsp3) is 0.500. The summed E-state index contributed by atoms with van der Waals surface area (Å²) in [5.74, 6) is -0.00707. The molecular weight excluding hydrogens is 379 g/mol. The number of hydrogen-bond donors (Lipinski definition) is 1. The molecule has 1 aromatic rings. The third-order valence-electron chi connectivity index (χ3n) is 3.70. The highest BCUT2D eigenvalue weighted by atomic mass is 79.9. The van der Waals surface area contributed by atoms with Crippen molar-refractivity contribution in [2.24, 2.45) is 5.73 Å². The lowest BCUT2D eigenvalue weighted by Crippen LogP contribution is -2.51. The molecule has 21 heavy (non-hydrogen) atoms. The SMILES string of the molecule is COC1CCN(C(=O)c2ccc(Cl)c(Br)c2)C(CN)C1.Cl. The quantitative estimate of drug-likeness (QED) is 0.852. The van der Waals surface area contributed by atoms with Crippen LogP contribution in [0, 0.1) is 0 Å². The molecule has 0 spiro atoms. The van der Waals surface area contributed by atoms with Crippen molar-refractivity contribution in [1.29, 1.82) is 0 Å². The minimum absolute atomic E-state index is 0. The first-order chi connectivity index (χ1) is 9.56. The summed E-state index contributed by atoms with van der Waals surface area (Å²) >= 11 is 9.30. The highest BCUT2D eigenvalue weighted by Gasteiger charge is 2.31. The molecule has 2 unspecified atom stereocenters. The third-order valence-corrected chi connectivity index (χ3v) is 4.91. The van der Waals surface area contributed by atoms with Crippen LogP contribution in [-0.4, -0.2) is 43.2 Å². The van der Waals surface area contributed by atoms with Crippen molar-refractivity contribution < 1.29 is 9.53 Å². The molecule has 1 aliphatic heterocycles. The van der Waals surface area contributed by atoms with Gasteiger partial charge in [-0.3, -0.25) is 4.79 Å². The van der Waals surface area contributed by atoms with Crippen molar-refractivity contribution in [3.8, 4) is 0 Å². The van der Waals surface area contributed by atoms with E-state index in [0.29, 0.717) is 23.7 Å². The van der Waals surface area contributed by atoms with Gasteiger partial charge in [-0.25, -0.2) is 0 Å². The van der Waals surface area contributed by atoms with Gasteiger partial charge >= 0.3 is 0 Å². The number of halogens is 3. The second-order valence-corrected chi connectivity index (χ2v) is 6.16. The van der Waals surface area contributed by atoms with E-state index < -0.39 is 0 Å². The molecule has 2 N–H and O–H groups in total. The van der Waals surface area contributed by atoms with Crippen LogP contribution in [0.5, 0.6) is 0 Å². The van der Waals surface area contributed by atoms with E-state index in [-0.39, 0.29) is 30.5 Å². The Bertz CT molecular complexity index is 502. The monoisotopic (exact) mass is 396 g/mol. The van der Waals surface area contributed by atoms with Crippen molar-refractivity contribution >= 4 is 45.8 Å². The molecule has 0 bridgehead atoms. The molecule has 0 saturated carbocycles. The summed E-state index contributed by atoms with van der Waals surface area (Å²) in [7, 11) is 1.70. The van der Waals surface area contributed by atoms with Crippen LogP contribution in [0.2, 0.25) is 5.02 Å². The van der Waals surface area contributed by atoms with E-state index in [0.717, 1.165) is 17.3 Å². The summed E-state index contributed by atoms with van der Waals surface area (Å²) in [5, 5.41) is 0.593. The number of hydrogen-bond acceptors (Lipinski definition) is 3. The first-order valence-electron chi connectivity index (χ1n) is 6.55. The molecule has 0 aliphatic carbocycles. The minimum atomic E-state index is -0.00707. The maximum atomic E-state index is 12.6. The number of carbonyl (C=O) groups is 1. The van der Waals surface area contributed by atoms with Crippen LogP contribution >= 0.6 is 39.9 Å². The summed E-state index contributed by atoms with van der Waals surface area (Å²) in [4.78, 5) is 14.4. The molecule has 1 saturated heterocycles. The Morgan fingerprint density at radius 3 is 2.86 bits per heavy atom. The number of piperidine rings is 1. The molecule has 1 fully saturated rings. The lowest BCUT2D eigenvalue weighted by atomic mass is 9.98. The van der Waals surface area contributed by atoms with Crippen molar-refractivity contribution in [1.82, 2.24) is 4.90 Å². The van der Waals surface area contributed by atoms with E-state index in [9.17, 15) is 4.79 Å². The number of nitrogens with two attached hydrogens (primary N) is 1. The van der Waals surface area contributed by atoms with Crippen LogP contribution in [0.4, 0.5) is 0 Å². The molecule has 2 atom stereocenters. The molecule has 0 radical (unpaired) electrons.